The fourth-order valence-electron chi connectivity index (χ4n) is 3.35. The molecular weight excluding hydrogens is 254 g/mol. The SMILES string of the molecule is CCCCCCCCCCNCc1ccc2c(c1)CCC2. The Kier molecular flexibility index (Phi) is 7.88. The highest BCUT2D eigenvalue weighted by Gasteiger charge is 2.10. The number of hydrogen-bond acceptors (Lipinski definition) is 1. The lowest BCUT2D eigenvalue weighted by Gasteiger charge is -2.07. The van der Waals surface area contributed by atoms with Crippen LogP contribution in [0.25, 0.3) is 0 Å². The smallest absolute Gasteiger partial charge is 0.0205 e. The van der Waals surface area contributed by atoms with E-state index in [0.29, 0.717) is 0 Å². The van der Waals surface area contributed by atoms with E-state index in [1.54, 1.807) is 11.1 Å². The lowest BCUT2D eigenvalue weighted by atomic mass is 10.1. The second kappa shape index (κ2) is 10.00. The highest BCUT2D eigenvalue weighted by atomic mass is 14.8. The molecular formula is C20H33N. The van der Waals surface area contributed by atoms with Crippen molar-refractivity contribution in [3.8, 4) is 0 Å². The monoisotopic (exact) mass is 287 g/mol. The maximum absolute atomic E-state index is 3.60. The minimum absolute atomic E-state index is 1.05. The van der Waals surface area contributed by atoms with Crippen LogP contribution in [0.3, 0.4) is 0 Å². The van der Waals surface area contributed by atoms with Crippen molar-refractivity contribution in [2.45, 2.75) is 84.1 Å². The van der Waals surface area contributed by atoms with Gasteiger partial charge >= 0.3 is 0 Å². The van der Waals surface area contributed by atoms with Gasteiger partial charge in [-0.05, 0) is 48.9 Å². The summed E-state index contributed by atoms with van der Waals surface area (Å²) in [5, 5.41) is 3.60. The molecule has 21 heavy (non-hydrogen) atoms. The Labute approximate surface area is 131 Å². The Balaban J connectivity index is 1.47. The van der Waals surface area contributed by atoms with Gasteiger partial charge in [0.1, 0.15) is 0 Å². The number of aryl methyl sites for hydroxylation is 2. The van der Waals surface area contributed by atoms with E-state index in [1.807, 2.05) is 0 Å². The number of nitrogens with one attached hydrogen (secondary N) is 1. The Bertz CT molecular complexity index is 397. The van der Waals surface area contributed by atoms with E-state index in [0.717, 1.165) is 6.54 Å². The topological polar surface area (TPSA) is 12.0 Å². The van der Waals surface area contributed by atoms with Crippen LogP contribution in [0.4, 0.5) is 0 Å². The molecule has 1 N–H and O–H groups in total. The minimum atomic E-state index is 1.05. The van der Waals surface area contributed by atoms with E-state index in [1.165, 1.54) is 82.7 Å². The van der Waals surface area contributed by atoms with Gasteiger partial charge in [0.2, 0.25) is 0 Å². The van der Waals surface area contributed by atoms with Gasteiger partial charge in [-0.1, -0.05) is 70.1 Å². The van der Waals surface area contributed by atoms with Gasteiger partial charge in [0.25, 0.3) is 0 Å². The third-order valence-corrected chi connectivity index (χ3v) is 4.70. The number of unbranched alkanes of at least 4 members (excludes halogenated alkanes) is 7. The van der Waals surface area contributed by atoms with Crippen LogP contribution in [0, 0.1) is 0 Å². The zero-order chi connectivity index (χ0) is 14.8. The summed E-state index contributed by atoms with van der Waals surface area (Å²) in [5.74, 6) is 0. The van der Waals surface area contributed by atoms with Crippen molar-refractivity contribution in [2.75, 3.05) is 6.54 Å². The Morgan fingerprint density at radius 1 is 0.857 bits per heavy atom. The zero-order valence-corrected chi connectivity index (χ0v) is 13.9. The van der Waals surface area contributed by atoms with Crippen LogP contribution in [0.1, 0.15) is 81.4 Å². The van der Waals surface area contributed by atoms with Gasteiger partial charge in [0.05, 0.1) is 0 Å². The second-order valence-electron chi connectivity index (χ2n) is 6.61. The summed E-state index contributed by atoms with van der Waals surface area (Å²) in [6.45, 7) is 4.50. The van der Waals surface area contributed by atoms with Gasteiger partial charge in [-0.15, -0.1) is 0 Å². The minimum Gasteiger partial charge on any atom is -0.313 e. The van der Waals surface area contributed by atoms with Crippen LogP contribution in [0.5, 0.6) is 0 Å². The Morgan fingerprint density at radius 3 is 2.38 bits per heavy atom. The van der Waals surface area contributed by atoms with Crippen molar-refractivity contribution in [3.05, 3.63) is 34.9 Å². The number of fused-ring (bicyclic) bond motifs is 1. The summed E-state index contributed by atoms with van der Waals surface area (Å²) in [6, 6.07) is 7.07. The fourth-order valence-corrected chi connectivity index (χ4v) is 3.35. The average Bonchev–Trinajstić information content (AvgIpc) is 2.97. The molecule has 0 saturated carbocycles. The first-order valence-electron chi connectivity index (χ1n) is 9.21. The van der Waals surface area contributed by atoms with Crippen LogP contribution >= 0.6 is 0 Å². The maximum atomic E-state index is 3.60. The van der Waals surface area contributed by atoms with Gasteiger partial charge in [-0.25, -0.2) is 0 Å². The standard InChI is InChI=1S/C20H33N/c1-2-3-4-5-6-7-8-9-15-21-17-18-13-14-19-11-10-12-20(19)16-18/h13-14,16,21H,2-12,15,17H2,1H3. The third kappa shape index (κ3) is 6.22. The summed E-state index contributed by atoms with van der Waals surface area (Å²) in [5.41, 5.74) is 4.65. The maximum Gasteiger partial charge on any atom is 0.0205 e. The van der Waals surface area contributed by atoms with Crippen molar-refractivity contribution in [2.24, 2.45) is 0 Å². The second-order valence-corrected chi connectivity index (χ2v) is 6.61. The van der Waals surface area contributed by atoms with Crippen molar-refractivity contribution < 1.29 is 0 Å². The largest absolute Gasteiger partial charge is 0.313 e. The first-order valence-corrected chi connectivity index (χ1v) is 9.21. The molecule has 0 heterocycles. The lowest BCUT2D eigenvalue weighted by Crippen LogP contribution is -2.14. The molecule has 1 aliphatic rings. The van der Waals surface area contributed by atoms with Crippen molar-refractivity contribution in [1.82, 2.24) is 5.32 Å². The Hall–Kier alpha value is -0.820. The lowest BCUT2D eigenvalue weighted by molar-refractivity contribution is 0.555. The molecule has 1 aromatic rings. The van der Waals surface area contributed by atoms with E-state index in [-0.39, 0.29) is 0 Å². The van der Waals surface area contributed by atoms with E-state index in [2.05, 4.69) is 30.4 Å². The molecule has 2 rings (SSSR count). The summed E-state index contributed by atoms with van der Waals surface area (Å²) >= 11 is 0. The fraction of sp³-hybridized carbons (Fsp3) is 0.700. The molecule has 0 radical (unpaired) electrons. The number of hydrogen-bond donors (Lipinski definition) is 1. The molecule has 0 atom stereocenters. The van der Waals surface area contributed by atoms with Crippen LogP contribution in [-0.2, 0) is 19.4 Å². The zero-order valence-electron chi connectivity index (χ0n) is 13.9. The third-order valence-electron chi connectivity index (χ3n) is 4.70. The van der Waals surface area contributed by atoms with Gasteiger partial charge in [-0.2, -0.15) is 0 Å². The summed E-state index contributed by atoms with van der Waals surface area (Å²) in [7, 11) is 0. The molecule has 1 heteroatoms. The normalized spacial score (nSPS) is 13.6. The van der Waals surface area contributed by atoms with Crippen molar-refractivity contribution in [3.63, 3.8) is 0 Å². The van der Waals surface area contributed by atoms with Gasteiger partial charge in [0, 0.05) is 6.54 Å². The highest BCUT2D eigenvalue weighted by Crippen LogP contribution is 2.22. The van der Waals surface area contributed by atoms with E-state index in [9.17, 15) is 0 Å². The van der Waals surface area contributed by atoms with Crippen LogP contribution < -0.4 is 5.32 Å². The van der Waals surface area contributed by atoms with Gasteiger partial charge in [0.15, 0.2) is 0 Å². The van der Waals surface area contributed by atoms with Crippen LogP contribution in [-0.4, -0.2) is 6.54 Å². The van der Waals surface area contributed by atoms with Crippen LogP contribution in [0.2, 0.25) is 0 Å². The Morgan fingerprint density at radius 2 is 1.57 bits per heavy atom. The van der Waals surface area contributed by atoms with E-state index < -0.39 is 0 Å². The van der Waals surface area contributed by atoms with Crippen molar-refractivity contribution in [1.29, 1.82) is 0 Å². The molecule has 0 bridgehead atoms. The molecule has 1 aliphatic carbocycles. The molecule has 118 valence electrons. The molecule has 0 spiro atoms. The van der Waals surface area contributed by atoms with Crippen LogP contribution in [0.15, 0.2) is 18.2 Å². The van der Waals surface area contributed by atoms with Gasteiger partial charge in [-0.3, -0.25) is 0 Å². The summed E-state index contributed by atoms with van der Waals surface area (Å²) < 4.78 is 0. The molecule has 0 unspecified atom stereocenters. The summed E-state index contributed by atoms with van der Waals surface area (Å²) in [4.78, 5) is 0. The van der Waals surface area contributed by atoms with Crippen molar-refractivity contribution >= 4 is 0 Å². The molecule has 1 nitrogen and oxygen atoms in total. The van der Waals surface area contributed by atoms with E-state index in [4.69, 9.17) is 0 Å². The molecule has 0 aromatic heterocycles. The number of rotatable bonds is 11. The predicted octanol–water partition coefficient (Wildman–Crippen LogP) is 5.41. The van der Waals surface area contributed by atoms with E-state index >= 15 is 0 Å². The molecule has 0 aliphatic heterocycles. The predicted molar refractivity (Wildman–Crippen MR) is 92.8 cm³/mol. The average molecular weight is 287 g/mol. The quantitative estimate of drug-likeness (QED) is 0.537. The number of benzene rings is 1. The summed E-state index contributed by atoms with van der Waals surface area (Å²) in [6.07, 6.45) is 15.2. The first-order chi connectivity index (χ1) is 10.4. The molecule has 0 saturated heterocycles. The first kappa shape index (κ1) is 16.5. The molecule has 1 aromatic carbocycles. The molecule has 0 fully saturated rings. The van der Waals surface area contributed by atoms with Gasteiger partial charge < -0.3 is 5.32 Å². The molecule has 0 amide bonds. The highest BCUT2D eigenvalue weighted by molar-refractivity contribution is 5.35.